The van der Waals surface area contributed by atoms with Crippen LogP contribution in [0.15, 0.2) is 34.9 Å². The van der Waals surface area contributed by atoms with Crippen molar-refractivity contribution in [2.45, 2.75) is 25.4 Å². The number of furan rings is 1. The van der Waals surface area contributed by atoms with Gasteiger partial charge in [-0.25, -0.2) is 4.39 Å². The summed E-state index contributed by atoms with van der Waals surface area (Å²) in [5.74, 6) is 0.732. The minimum Gasteiger partial charge on any atom is -0.493 e. The first kappa shape index (κ1) is 18.3. The van der Waals surface area contributed by atoms with Crippen LogP contribution in [0.2, 0.25) is 0 Å². The molecule has 1 aliphatic heterocycles. The Kier molecular flexibility index (Phi) is 5.78. The van der Waals surface area contributed by atoms with E-state index in [1.165, 1.54) is 26.5 Å². The van der Waals surface area contributed by atoms with Crippen LogP contribution < -0.4 is 14.8 Å². The molecule has 0 bridgehead atoms. The molecule has 3 rings (SSSR count). The van der Waals surface area contributed by atoms with Crippen LogP contribution in [0.1, 0.15) is 29.0 Å². The Morgan fingerprint density at radius 2 is 2.12 bits per heavy atom. The average molecular weight is 362 g/mol. The zero-order valence-electron chi connectivity index (χ0n) is 15.0. The van der Waals surface area contributed by atoms with E-state index >= 15 is 0 Å². The molecule has 7 heteroatoms. The normalized spacial score (nSPS) is 17.2. The predicted molar refractivity (Wildman–Crippen MR) is 94.0 cm³/mol. The highest BCUT2D eigenvalue weighted by molar-refractivity contribution is 5.91. The molecule has 0 spiro atoms. The number of nitrogens with zero attached hydrogens (tertiary/aromatic N) is 1. The van der Waals surface area contributed by atoms with Crippen LogP contribution >= 0.6 is 0 Å². The lowest BCUT2D eigenvalue weighted by molar-refractivity contribution is 0.0662. The van der Waals surface area contributed by atoms with Gasteiger partial charge in [0, 0.05) is 37.3 Å². The monoisotopic (exact) mass is 362 g/mol. The van der Waals surface area contributed by atoms with Crippen molar-refractivity contribution in [1.82, 2.24) is 10.2 Å². The standard InChI is InChI=1S/C19H23FN2O4/c1-24-17-9-13(15(20)10-18(17)25-2)11-21-14-5-3-7-22(12-14)19(23)16-6-4-8-26-16/h4,6,8-10,14,21H,3,5,7,11-12H2,1-2H3. The molecule has 0 radical (unpaired) electrons. The number of carbonyl (C=O) groups is 1. The summed E-state index contributed by atoms with van der Waals surface area (Å²) in [5, 5.41) is 3.34. The van der Waals surface area contributed by atoms with Gasteiger partial charge in [-0.15, -0.1) is 0 Å². The summed E-state index contributed by atoms with van der Waals surface area (Å²) < 4.78 is 29.8. The summed E-state index contributed by atoms with van der Waals surface area (Å²) in [6.45, 7) is 1.61. The second-order valence-electron chi connectivity index (χ2n) is 6.25. The van der Waals surface area contributed by atoms with Gasteiger partial charge >= 0.3 is 0 Å². The third-order valence-electron chi connectivity index (χ3n) is 4.57. The summed E-state index contributed by atoms with van der Waals surface area (Å²) in [7, 11) is 2.99. The molecular formula is C19H23FN2O4. The molecule has 140 valence electrons. The average Bonchev–Trinajstić information content (AvgIpc) is 3.21. The van der Waals surface area contributed by atoms with E-state index in [0.717, 1.165) is 12.8 Å². The minimum atomic E-state index is -0.352. The molecule has 0 aliphatic carbocycles. The van der Waals surface area contributed by atoms with Crippen LogP contribution in [0.5, 0.6) is 11.5 Å². The lowest BCUT2D eigenvalue weighted by Gasteiger charge is -2.33. The summed E-state index contributed by atoms with van der Waals surface area (Å²) in [6.07, 6.45) is 3.31. The molecule has 1 fully saturated rings. The molecule has 1 amide bonds. The van der Waals surface area contributed by atoms with E-state index < -0.39 is 0 Å². The zero-order valence-corrected chi connectivity index (χ0v) is 15.0. The highest BCUT2D eigenvalue weighted by Crippen LogP contribution is 2.30. The van der Waals surface area contributed by atoms with E-state index in [1.54, 1.807) is 23.1 Å². The van der Waals surface area contributed by atoms with Crippen LogP contribution in [-0.2, 0) is 6.54 Å². The number of ether oxygens (including phenoxy) is 2. The van der Waals surface area contributed by atoms with Crippen LogP contribution in [0, 0.1) is 5.82 Å². The van der Waals surface area contributed by atoms with Crippen LogP contribution in [0.25, 0.3) is 0 Å². The van der Waals surface area contributed by atoms with Crippen LogP contribution in [-0.4, -0.2) is 44.2 Å². The summed E-state index contributed by atoms with van der Waals surface area (Å²) in [4.78, 5) is 14.2. The topological polar surface area (TPSA) is 63.9 Å². The summed E-state index contributed by atoms with van der Waals surface area (Å²) >= 11 is 0. The molecule has 1 aromatic heterocycles. The van der Waals surface area contributed by atoms with Gasteiger partial charge in [0.1, 0.15) is 5.82 Å². The Labute approximate surface area is 151 Å². The van der Waals surface area contributed by atoms with E-state index in [4.69, 9.17) is 13.9 Å². The number of nitrogens with one attached hydrogen (secondary N) is 1. The Bertz CT molecular complexity index is 748. The van der Waals surface area contributed by atoms with Crippen molar-refractivity contribution >= 4 is 5.91 Å². The van der Waals surface area contributed by atoms with Crippen molar-refractivity contribution < 1.29 is 23.1 Å². The van der Waals surface area contributed by atoms with Crippen molar-refractivity contribution in [3.63, 3.8) is 0 Å². The van der Waals surface area contributed by atoms with Crippen molar-refractivity contribution in [3.05, 3.63) is 47.7 Å². The number of benzene rings is 1. The maximum atomic E-state index is 14.2. The Balaban J connectivity index is 1.62. The number of amides is 1. The SMILES string of the molecule is COc1cc(F)c(CNC2CCCN(C(=O)c3ccco3)C2)cc1OC. The second-order valence-corrected chi connectivity index (χ2v) is 6.25. The third-order valence-corrected chi connectivity index (χ3v) is 4.57. The van der Waals surface area contributed by atoms with E-state index in [2.05, 4.69) is 5.32 Å². The van der Waals surface area contributed by atoms with E-state index in [9.17, 15) is 9.18 Å². The van der Waals surface area contributed by atoms with Crippen molar-refractivity contribution in [3.8, 4) is 11.5 Å². The fraction of sp³-hybridized carbons (Fsp3) is 0.421. The van der Waals surface area contributed by atoms with Gasteiger partial charge in [-0.05, 0) is 31.0 Å². The first-order valence-corrected chi connectivity index (χ1v) is 8.59. The highest BCUT2D eigenvalue weighted by atomic mass is 19.1. The molecule has 1 unspecified atom stereocenters. The van der Waals surface area contributed by atoms with Gasteiger partial charge < -0.3 is 24.1 Å². The molecule has 2 aromatic rings. The molecule has 2 heterocycles. The van der Waals surface area contributed by atoms with Gasteiger partial charge in [0.2, 0.25) is 0 Å². The molecule has 1 N–H and O–H groups in total. The number of rotatable bonds is 6. The van der Waals surface area contributed by atoms with Gasteiger partial charge in [0.15, 0.2) is 17.3 Å². The smallest absolute Gasteiger partial charge is 0.289 e. The number of hydrogen-bond donors (Lipinski definition) is 1. The first-order valence-electron chi connectivity index (χ1n) is 8.59. The maximum Gasteiger partial charge on any atom is 0.289 e. The number of likely N-dealkylation sites (tertiary alicyclic amines) is 1. The molecule has 1 atom stereocenters. The lowest BCUT2D eigenvalue weighted by Crippen LogP contribution is -2.47. The Morgan fingerprint density at radius 1 is 1.35 bits per heavy atom. The fourth-order valence-corrected chi connectivity index (χ4v) is 3.17. The van der Waals surface area contributed by atoms with Crippen LogP contribution in [0.4, 0.5) is 4.39 Å². The van der Waals surface area contributed by atoms with Gasteiger partial charge in [0.25, 0.3) is 5.91 Å². The molecule has 26 heavy (non-hydrogen) atoms. The van der Waals surface area contributed by atoms with Gasteiger partial charge in [-0.1, -0.05) is 0 Å². The van der Waals surface area contributed by atoms with Gasteiger partial charge in [0.05, 0.1) is 20.5 Å². The largest absolute Gasteiger partial charge is 0.493 e. The summed E-state index contributed by atoms with van der Waals surface area (Å²) in [5.41, 5.74) is 0.497. The van der Waals surface area contributed by atoms with Crippen LogP contribution in [0.3, 0.4) is 0 Å². The second kappa shape index (κ2) is 8.23. The van der Waals surface area contributed by atoms with Gasteiger partial charge in [-0.3, -0.25) is 4.79 Å². The molecule has 1 aromatic carbocycles. The lowest BCUT2D eigenvalue weighted by atomic mass is 10.0. The van der Waals surface area contributed by atoms with Gasteiger partial charge in [-0.2, -0.15) is 0 Å². The number of carbonyl (C=O) groups excluding carboxylic acids is 1. The molecule has 1 saturated heterocycles. The number of halogens is 1. The third kappa shape index (κ3) is 3.99. The van der Waals surface area contributed by atoms with Crippen molar-refractivity contribution in [2.24, 2.45) is 0 Å². The molecular weight excluding hydrogens is 339 g/mol. The molecule has 0 saturated carbocycles. The first-order chi connectivity index (χ1) is 12.6. The van der Waals surface area contributed by atoms with E-state index in [-0.39, 0.29) is 17.8 Å². The number of piperidine rings is 1. The maximum absolute atomic E-state index is 14.2. The van der Waals surface area contributed by atoms with Crippen molar-refractivity contribution in [1.29, 1.82) is 0 Å². The number of hydrogen-bond acceptors (Lipinski definition) is 5. The minimum absolute atomic E-state index is 0.0927. The summed E-state index contributed by atoms with van der Waals surface area (Å²) in [6, 6.07) is 6.42. The van der Waals surface area contributed by atoms with Crippen molar-refractivity contribution in [2.75, 3.05) is 27.3 Å². The molecule has 6 nitrogen and oxygen atoms in total. The highest BCUT2D eigenvalue weighted by Gasteiger charge is 2.25. The Hall–Kier alpha value is -2.54. The number of methoxy groups -OCH3 is 2. The Morgan fingerprint density at radius 3 is 2.81 bits per heavy atom. The van der Waals surface area contributed by atoms with E-state index in [1.807, 2.05) is 0 Å². The fourth-order valence-electron chi connectivity index (χ4n) is 3.17. The predicted octanol–water partition coefficient (Wildman–Crippen LogP) is 2.83. The molecule has 1 aliphatic rings. The quantitative estimate of drug-likeness (QED) is 0.856. The van der Waals surface area contributed by atoms with E-state index in [0.29, 0.717) is 42.5 Å². The zero-order chi connectivity index (χ0) is 18.5.